The number of hydrogen-bond acceptors (Lipinski definition) is 2. The molecule has 1 aromatic heterocycles. The third-order valence-corrected chi connectivity index (χ3v) is 5.04. The SMILES string of the molecule is Cc1c2c(c(C)n1CCCN(C)C)C(C)(C#N)CC2(C)C. The van der Waals surface area contributed by atoms with Gasteiger partial charge in [-0.1, -0.05) is 13.8 Å². The zero-order chi connectivity index (χ0) is 16.0. The summed E-state index contributed by atoms with van der Waals surface area (Å²) in [5, 5.41) is 9.71. The Bertz CT molecular complexity index is 587. The number of hydrogen-bond donors (Lipinski definition) is 0. The van der Waals surface area contributed by atoms with Gasteiger partial charge < -0.3 is 9.47 Å². The molecular formula is C18H29N3. The van der Waals surface area contributed by atoms with Gasteiger partial charge >= 0.3 is 0 Å². The molecule has 0 saturated carbocycles. The molecule has 0 aliphatic heterocycles. The average molecular weight is 287 g/mol. The summed E-state index contributed by atoms with van der Waals surface area (Å²) in [5.41, 5.74) is 5.16. The van der Waals surface area contributed by atoms with Crippen LogP contribution >= 0.6 is 0 Å². The molecule has 116 valence electrons. The third kappa shape index (κ3) is 2.51. The van der Waals surface area contributed by atoms with E-state index in [0.29, 0.717) is 0 Å². The molecule has 1 atom stereocenters. The lowest BCUT2D eigenvalue weighted by molar-refractivity contribution is 0.382. The van der Waals surface area contributed by atoms with Crippen LogP contribution in [0.15, 0.2) is 0 Å². The van der Waals surface area contributed by atoms with Gasteiger partial charge in [0.05, 0.1) is 11.5 Å². The van der Waals surface area contributed by atoms with Gasteiger partial charge in [0.15, 0.2) is 0 Å². The lowest BCUT2D eigenvalue weighted by Gasteiger charge is -2.24. The van der Waals surface area contributed by atoms with Gasteiger partial charge in [0.1, 0.15) is 0 Å². The number of aromatic nitrogens is 1. The fraction of sp³-hybridized carbons (Fsp3) is 0.722. The van der Waals surface area contributed by atoms with Crippen molar-refractivity contribution in [3.05, 3.63) is 22.5 Å². The quantitative estimate of drug-likeness (QED) is 0.848. The van der Waals surface area contributed by atoms with Crippen molar-refractivity contribution < 1.29 is 0 Å². The van der Waals surface area contributed by atoms with Crippen molar-refractivity contribution in [3.63, 3.8) is 0 Å². The standard InChI is InChI=1S/C18H29N3/c1-13-15-16(18(5,12-19)11-17(15,3)4)14(2)21(13)10-8-9-20(6)7/h8-11H2,1-7H3. The van der Waals surface area contributed by atoms with Crippen LogP contribution in [0.25, 0.3) is 0 Å². The van der Waals surface area contributed by atoms with Crippen LogP contribution in [-0.2, 0) is 17.4 Å². The Morgan fingerprint density at radius 2 is 1.71 bits per heavy atom. The van der Waals surface area contributed by atoms with E-state index in [0.717, 1.165) is 25.9 Å². The zero-order valence-corrected chi connectivity index (χ0v) is 14.7. The van der Waals surface area contributed by atoms with E-state index in [1.165, 1.54) is 22.5 Å². The molecule has 0 fully saturated rings. The molecule has 1 aliphatic carbocycles. The highest BCUT2D eigenvalue weighted by Gasteiger charge is 2.48. The maximum atomic E-state index is 9.71. The molecule has 0 amide bonds. The first-order chi connectivity index (χ1) is 9.64. The van der Waals surface area contributed by atoms with E-state index in [9.17, 15) is 5.26 Å². The summed E-state index contributed by atoms with van der Waals surface area (Å²) in [6, 6.07) is 2.59. The van der Waals surface area contributed by atoms with Gasteiger partial charge in [-0.2, -0.15) is 5.26 Å². The summed E-state index contributed by atoms with van der Waals surface area (Å²) in [6.45, 7) is 13.2. The lowest BCUT2D eigenvalue weighted by atomic mass is 9.80. The predicted octanol–water partition coefficient (Wildman–Crippen LogP) is 3.52. The summed E-state index contributed by atoms with van der Waals surface area (Å²) in [5.74, 6) is 0. The topological polar surface area (TPSA) is 32.0 Å². The molecule has 0 spiro atoms. The third-order valence-electron chi connectivity index (χ3n) is 5.04. The van der Waals surface area contributed by atoms with E-state index < -0.39 is 0 Å². The predicted molar refractivity (Wildman–Crippen MR) is 87.7 cm³/mol. The Kier molecular flexibility index (Phi) is 3.97. The molecule has 21 heavy (non-hydrogen) atoms. The smallest absolute Gasteiger partial charge is 0.0822 e. The molecule has 0 bridgehead atoms. The van der Waals surface area contributed by atoms with Crippen molar-refractivity contribution in [1.82, 2.24) is 9.47 Å². The Morgan fingerprint density at radius 3 is 2.24 bits per heavy atom. The van der Waals surface area contributed by atoms with Gasteiger partial charge in [0, 0.05) is 17.9 Å². The van der Waals surface area contributed by atoms with Crippen molar-refractivity contribution in [2.45, 2.75) is 64.8 Å². The molecule has 1 aliphatic rings. The Labute approximate surface area is 129 Å². The van der Waals surface area contributed by atoms with Gasteiger partial charge in [-0.05, 0) is 70.8 Å². The Balaban J connectivity index is 2.45. The van der Waals surface area contributed by atoms with Crippen LogP contribution in [0.3, 0.4) is 0 Å². The largest absolute Gasteiger partial charge is 0.348 e. The normalized spacial score (nSPS) is 23.4. The van der Waals surface area contributed by atoms with E-state index in [1.807, 2.05) is 0 Å². The first-order valence-electron chi connectivity index (χ1n) is 7.90. The summed E-state index contributed by atoms with van der Waals surface area (Å²) in [6.07, 6.45) is 2.08. The molecule has 0 N–H and O–H groups in total. The summed E-state index contributed by atoms with van der Waals surface area (Å²) in [7, 11) is 4.23. The van der Waals surface area contributed by atoms with E-state index in [-0.39, 0.29) is 10.8 Å². The van der Waals surface area contributed by atoms with Gasteiger partial charge in [-0.3, -0.25) is 0 Å². The first kappa shape index (κ1) is 16.1. The molecule has 1 heterocycles. The maximum Gasteiger partial charge on any atom is 0.0822 e. The van der Waals surface area contributed by atoms with Crippen LogP contribution in [-0.4, -0.2) is 30.1 Å². The minimum Gasteiger partial charge on any atom is -0.348 e. The number of nitrogens with zero attached hydrogens (tertiary/aromatic N) is 3. The second-order valence-electron chi connectivity index (χ2n) is 7.73. The molecule has 3 heteroatoms. The van der Waals surface area contributed by atoms with Crippen molar-refractivity contribution >= 4 is 0 Å². The van der Waals surface area contributed by atoms with Crippen molar-refractivity contribution in [2.75, 3.05) is 20.6 Å². The molecule has 2 rings (SSSR count). The molecule has 1 unspecified atom stereocenters. The van der Waals surface area contributed by atoms with Crippen LogP contribution in [0, 0.1) is 25.2 Å². The van der Waals surface area contributed by atoms with Crippen LogP contribution in [0.4, 0.5) is 0 Å². The van der Waals surface area contributed by atoms with E-state index in [1.54, 1.807) is 0 Å². The van der Waals surface area contributed by atoms with Gasteiger partial charge in [0.25, 0.3) is 0 Å². The van der Waals surface area contributed by atoms with Gasteiger partial charge in [-0.25, -0.2) is 0 Å². The number of rotatable bonds is 4. The van der Waals surface area contributed by atoms with Crippen molar-refractivity contribution in [3.8, 4) is 6.07 Å². The average Bonchev–Trinajstić information content (AvgIpc) is 2.75. The number of fused-ring (bicyclic) bond motifs is 1. The van der Waals surface area contributed by atoms with E-state index in [4.69, 9.17) is 0 Å². The van der Waals surface area contributed by atoms with Gasteiger partial charge in [-0.15, -0.1) is 0 Å². The molecule has 3 nitrogen and oxygen atoms in total. The summed E-state index contributed by atoms with van der Waals surface area (Å²) < 4.78 is 2.44. The molecule has 1 aromatic rings. The highest BCUT2D eigenvalue weighted by molar-refractivity contribution is 5.54. The van der Waals surface area contributed by atoms with E-state index in [2.05, 4.69) is 64.3 Å². The van der Waals surface area contributed by atoms with E-state index >= 15 is 0 Å². The minimum atomic E-state index is -0.333. The second-order valence-corrected chi connectivity index (χ2v) is 7.73. The molecular weight excluding hydrogens is 258 g/mol. The zero-order valence-electron chi connectivity index (χ0n) is 14.7. The highest BCUT2D eigenvalue weighted by atomic mass is 15.1. The monoisotopic (exact) mass is 287 g/mol. The number of nitriles is 1. The second kappa shape index (κ2) is 5.18. The van der Waals surface area contributed by atoms with Crippen LogP contribution in [0.5, 0.6) is 0 Å². The van der Waals surface area contributed by atoms with Crippen LogP contribution in [0.1, 0.15) is 56.1 Å². The fourth-order valence-electron chi connectivity index (χ4n) is 4.42. The molecule has 0 radical (unpaired) electrons. The summed E-state index contributed by atoms with van der Waals surface area (Å²) in [4.78, 5) is 2.23. The van der Waals surface area contributed by atoms with Crippen molar-refractivity contribution in [1.29, 1.82) is 5.26 Å². The van der Waals surface area contributed by atoms with Gasteiger partial charge in [0.2, 0.25) is 0 Å². The Morgan fingerprint density at radius 1 is 1.14 bits per heavy atom. The summed E-state index contributed by atoms with van der Waals surface area (Å²) >= 11 is 0. The molecule has 0 saturated heterocycles. The first-order valence-corrected chi connectivity index (χ1v) is 7.90. The van der Waals surface area contributed by atoms with Crippen molar-refractivity contribution in [2.24, 2.45) is 0 Å². The lowest BCUT2D eigenvalue weighted by Crippen LogP contribution is -2.23. The Hall–Kier alpha value is -1.27. The highest BCUT2D eigenvalue weighted by Crippen LogP contribution is 2.52. The fourth-order valence-corrected chi connectivity index (χ4v) is 4.42. The van der Waals surface area contributed by atoms with Crippen LogP contribution in [0.2, 0.25) is 0 Å². The maximum absolute atomic E-state index is 9.71. The van der Waals surface area contributed by atoms with Crippen LogP contribution < -0.4 is 0 Å². The molecule has 0 aromatic carbocycles. The minimum absolute atomic E-state index is 0.0987.